The van der Waals surface area contributed by atoms with Gasteiger partial charge in [-0.2, -0.15) is 4.98 Å². The first kappa shape index (κ1) is 16.7. The SMILES string of the molecule is COCCc1noc([C@@H]2CC(=O)N(c3ccc(OC)c(Cl)c3)C2)n1. The molecule has 3 rings (SSSR count). The van der Waals surface area contributed by atoms with Crippen molar-refractivity contribution < 1.29 is 18.8 Å². The van der Waals surface area contributed by atoms with Crippen molar-refractivity contribution in [1.29, 1.82) is 0 Å². The van der Waals surface area contributed by atoms with E-state index < -0.39 is 0 Å². The summed E-state index contributed by atoms with van der Waals surface area (Å²) in [5, 5.41) is 4.39. The van der Waals surface area contributed by atoms with Crippen molar-refractivity contribution in [2.75, 3.05) is 32.3 Å². The number of carbonyl (C=O) groups is 1. The van der Waals surface area contributed by atoms with Crippen molar-refractivity contribution in [3.05, 3.63) is 34.9 Å². The van der Waals surface area contributed by atoms with E-state index in [0.717, 1.165) is 5.69 Å². The second-order valence-electron chi connectivity index (χ2n) is 5.52. The highest BCUT2D eigenvalue weighted by molar-refractivity contribution is 6.32. The Hall–Kier alpha value is -2.12. The molecule has 1 aliphatic heterocycles. The maximum atomic E-state index is 12.3. The van der Waals surface area contributed by atoms with Crippen LogP contribution >= 0.6 is 11.6 Å². The quantitative estimate of drug-likeness (QED) is 0.795. The average Bonchev–Trinajstić information content (AvgIpc) is 3.19. The van der Waals surface area contributed by atoms with Crippen LogP contribution in [0.4, 0.5) is 5.69 Å². The Labute approximate surface area is 144 Å². The lowest BCUT2D eigenvalue weighted by Gasteiger charge is -2.17. The lowest BCUT2D eigenvalue weighted by molar-refractivity contribution is -0.117. The van der Waals surface area contributed by atoms with Gasteiger partial charge in [0.05, 0.1) is 24.7 Å². The Kier molecular flexibility index (Phi) is 5.01. The van der Waals surface area contributed by atoms with E-state index in [2.05, 4.69) is 10.1 Å². The molecule has 0 saturated carbocycles. The van der Waals surface area contributed by atoms with E-state index >= 15 is 0 Å². The lowest BCUT2D eigenvalue weighted by Crippen LogP contribution is -2.24. The zero-order chi connectivity index (χ0) is 17.1. The molecule has 0 N–H and O–H groups in total. The monoisotopic (exact) mass is 351 g/mol. The molecule has 8 heteroatoms. The van der Waals surface area contributed by atoms with Gasteiger partial charge in [-0.05, 0) is 18.2 Å². The minimum atomic E-state index is -0.123. The predicted molar refractivity (Wildman–Crippen MR) is 87.6 cm³/mol. The summed E-state index contributed by atoms with van der Waals surface area (Å²) >= 11 is 6.15. The highest BCUT2D eigenvalue weighted by atomic mass is 35.5. The van der Waals surface area contributed by atoms with Gasteiger partial charge in [-0.15, -0.1) is 0 Å². The van der Waals surface area contributed by atoms with Crippen LogP contribution in [0.15, 0.2) is 22.7 Å². The second-order valence-corrected chi connectivity index (χ2v) is 5.92. The van der Waals surface area contributed by atoms with Crippen LogP contribution in [0.1, 0.15) is 24.1 Å². The fourth-order valence-corrected chi connectivity index (χ4v) is 2.93. The van der Waals surface area contributed by atoms with Crippen molar-refractivity contribution >= 4 is 23.2 Å². The van der Waals surface area contributed by atoms with E-state index in [4.69, 9.17) is 25.6 Å². The average molecular weight is 352 g/mol. The highest BCUT2D eigenvalue weighted by Gasteiger charge is 2.35. The first-order valence-corrected chi connectivity index (χ1v) is 7.95. The fourth-order valence-electron chi connectivity index (χ4n) is 2.67. The van der Waals surface area contributed by atoms with Gasteiger partial charge < -0.3 is 18.9 Å². The van der Waals surface area contributed by atoms with Crippen LogP contribution in [-0.4, -0.2) is 43.4 Å². The van der Waals surface area contributed by atoms with Crippen molar-refractivity contribution in [2.45, 2.75) is 18.8 Å². The summed E-state index contributed by atoms with van der Waals surface area (Å²) in [7, 11) is 3.17. The van der Waals surface area contributed by atoms with Gasteiger partial charge in [0.2, 0.25) is 11.8 Å². The van der Waals surface area contributed by atoms with Gasteiger partial charge in [0.1, 0.15) is 5.75 Å². The molecule has 0 spiro atoms. The van der Waals surface area contributed by atoms with Gasteiger partial charge >= 0.3 is 0 Å². The molecule has 24 heavy (non-hydrogen) atoms. The molecule has 1 aliphatic rings. The van der Waals surface area contributed by atoms with Crippen LogP contribution in [0, 0.1) is 0 Å². The molecule has 0 unspecified atom stereocenters. The van der Waals surface area contributed by atoms with Gasteiger partial charge in [0.15, 0.2) is 5.82 Å². The number of ether oxygens (including phenoxy) is 2. The number of benzene rings is 1. The molecular weight excluding hydrogens is 334 g/mol. The molecule has 7 nitrogen and oxygen atoms in total. The Bertz CT molecular complexity index is 734. The molecule has 2 aromatic rings. The number of anilines is 1. The van der Waals surface area contributed by atoms with Crippen molar-refractivity contribution in [1.82, 2.24) is 10.1 Å². The molecule has 0 aliphatic carbocycles. The smallest absolute Gasteiger partial charge is 0.232 e. The molecule has 0 bridgehead atoms. The number of hydrogen-bond acceptors (Lipinski definition) is 6. The summed E-state index contributed by atoms with van der Waals surface area (Å²) < 4.78 is 15.4. The molecule has 1 atom stereocenters. The summed E-state index contributed by atoms with van der Waals surface area (Å²) in [5.74, 6) is 1.52. The van der Waals surface area contributed by atoms with E-state index in [1.807, 2.05) is 6.07 Å². The van der Waals surface area contributed by atoms with Gasteiger partial charge in [0, 0.05) is 32.2 Å². The van der Waals surface area contributed by atoms with Crippen molar-refractivity contribution in [3.63, 3.8) is 0 Å². The van der Waals surface area contributed by atoms with E-state index in [0.29, 0.717) is 48.5 Å². The summed E-state index contributed by atoms with van der Waals surface area (Å²) in [4.78, 5) is 18.4. The first-order chi connectivity index (χ1) is 11.6. The Balaban J connectivity index is 1.73. The van der Waals surface area contributed by atoms with Crippen LogP contribution < -0.4 is 9.64 Å². The molecule has 1 saturated heterocycles. The first-order valence-electron chi connectivity index (χ1n) is 7.57. The maximum Gasteiger partial charge on any atom is 0.232 e. The molecule has 0 radical (unpaired) electrons. The maximum absolute atomic E-state index is 12.3. The van der Waals surface area contributed by atoms with Crippen LogP contribution in [0.3, 0.4) is 0 Å². The van der Waals surface area contributed by atoms with E-state index in [1.54, 1.807) is 31.3 Å². The molecule has 1 aromatic heterocycles. The van der Waals surface area contributed by atoms with Crippen molar-refractivity contribution in [2.24, 2.45) is 0 Å². The normalized spacial score (nSPS) is 17.5. The predicted octanol–water partition coefficient (Wildman–Crippen LogP) is 2.44. The number of hydrogen-bond donors (Lipinski definition) is 0. The number of carbonyl (C=O) groups excluding carboxylic acids is 1. The Morgan fingerprint density at radius 1 is 1.42 bits per heavy atom. The molecule has 1 aromatic carbocycles. The van der Waals surface area contributed by atoms with Crippen molar-refractivity contribution in [3.8, 4) is 5.75 Å². The van der Waals surface area contributed by atoms with Crippen LogP contribution in [-0.2, 0) is 16.0 Å². The van der Waals surface area contributed by atoms with E-state index in [1.165, 1.54) is 0 Å². The summed E-state index contributed by atoms with van der Waals surface area (Å²) in [6, 6.07) is 5.27. The topological polar surface area (TPSA) is 77.7 Å². The number of nitrogens with zero attached hydrogens (tertiary/aromatic N) is 3. The molecule has 2 heterocycles. The third kappa shape index (κ3) is 3.37. The standard InChI is InChI=1S/C16H18ClN3O4/c1-22-6-5-14-18-16(24-19-14)10-7-15(21)20(9-10)11-3-4-13(23-2)12(17)8-11/h3-4,8,10H,5-7,9H2,1-2H3/t10-/m1/s1. The number of aromatic nitrogens is 2. The zero-order valence-corrected chi connectivity index (χ0v) is 14.2. The second kappa shape index (κ2) is 7.19. The van der Waals surface area contributed by atoms with Gasteiger partial charge in [0.25, 0.3) is 0 Å². The van der Waals surface area contributed by atoms with Gasteiger partial charge in [-0.3, -0.25) is 4.79 Å². The van der Waals surface area contributed by atoms with Crippen LogP contribution in [0.25, 0.3) is 0 Å². The molecule has 128 valence electrons. The van der Waals surface area contributed by atoms with Gasteiger partial charge in [-0.1, -0.05) is 16.8 Å². The largest absolute Gasteiger partial charge is 0.495 e. The zero-order valence-electron chi connectivity index (χ0n) is 13.5. The molecule has 1 fully saturated rings. The van der Waals surface area contributed by atoms with Crippen LogP contribution in [0.2, 0.25) is 5.02 Å². The fraction of sp³-hybridized carbons (Fsp3) is 0.438. The highest BCUT2D eigenvalue weighted by Crippen LogP contribution is 2.34. The molecule has 1 amide bonds. The Morgan fingerprint density at radius 2 is 2.25 bits per heavy atom. The van der Waals surface area contributed by atoms with Gasteiger partial charge in [-0.25, -0.2) is 0 Å². The number of rotatable bonds is 6. The number of amides is 1. The summed E-state index contributed by atoms with van der Waals surface area (Å²) in [6.45, 7) is 1.01. The summed E-state index contributed by atoms with van der Waals surface area (Å²) in [5.41, 5.74) is 0.729. The lowest BCUT2D eigenvalue weighted by atomic mass is 10.1. The number of halogens is 1. The van der Waals surface area contributed by atoms with E-state index in [-0.39, 0.29) is 11.8 Å². The van der Waals surface area contributed by atoms with E-state index in [9.17, 15) is 4.79 Å². The third-order valence-corrected chi connectivity index (χ3v) is 4.23. The van der Waals surface area contributed by atoms with Crippen LogP contribution in [0.5, 0.6) is 5.75 Å². The summed E-state index contributed by atoms with van der Waals surface area (Å²) in [6.07, 6.45) is 0.911. The third-order valence-electron chi connectivity index (χ3n) is 3.93. The minimum Gasteiger partial charge on any atom is -0.495 e. The minimum absolute atomic E-state index is 0.00197. The molecular formula is C16H18ClN3O4. The number of methoxy groups -OCH3 is 2. The Morgan fingerprint density at radius 3 is 2.96 bits per heavy atom.